The summed E-state index contributed by atoms with van der Waals surface area (Å²) in [5, 5.41) is 3.63. The number of rotatable bonds is 7. The van der Waals surface area contributed by atoms with E-state index in [2.05, 4.69) is 10.3 Å². The van der Waals surface area contributed by atoms with Crippen LogP contribution >= 0.6 is 0 Å². The number of ether oxygens (including phenoxy) is 1. The second-order valence-corrected chi connectivity index (χ2v) is 9.06. The molecule has 1 aromatic carbocycles. The topological polar surface area (TPSA) is 85.4 Å². The summed E-state index contributed by atoms with van der Waals surface area (Å²) < 4.78 is 43.1. The summed E-state index contributed by atoms with van der Waals surface area (Å²) >= 11 is 0. The molecule has 1 aliphatic rings. The van der Waals surface area contributed by atoms with E-state index < -0.39 is 27.6 Å². The third-order valence-corrected chi connectivity index (χ3v) is 5.11. The molecule has 0 fully saturated rings. The molecule has 2 aromatic rings. The first-order valence-electron chi connectivity index (χ1n) is 9.55. The Morgan fingerprint density at radius 1 is 1.30 bits per heavy atom. The molecular weight excluding hydrogens is 407 g/mol. The van der Waals surface area contributed by atoms with Gasteiger partial charge in [-0.3, -0.25) is 4.79 Å². The SMILES string of the molecule is C[C@@H](/C=C/S(C)(=O)=O)NC(=O)c1cc(F)c(C2=CCCC2)nc1Oc1ccccc1. The van der Waals surface area contributed by atoms with E-state index in [4.69, 9.17) is 4.74 Å². The van der Waals surface area contributed by atoms with E-state index in [-0.39, 0.29) is 17.1 Å². The minimum Gasteiger partial charge on any atom is -0.438 e. The van der Waals surface area contributed by atoms with Crippen LogP contribution in [0.4, 0.5) is 4.39 Å². The van der Waals surface area contributed by atoms with E-state index >= 15 is 0 Å². The van der Waals surface area contributed by atoms with Crippen molar-refractivity contribution in [1.82, 2.24) is 10.3 Å². The van der Waals surface area contributed by atoms with Gasteiger partial charge in [0.2, 0.25) is 5.88 Å². The van der Waals surface area contributed by atoms with Crippen molar-refractivity contribution in [2.75, 3.05) is 6.26 Å². The Kier molecular flexibility index (Phi) is 6.66. The number of nitrogens with zero attached hydrogens (tertiary/aromatic N) is 1. The Balaban J connectivity index is 1.94. The summed E-state index contributed by atoms with van der Waals surface area (Å²) in [6, 6.07) is 9.30. The zero-order valence-electron chi connectivity index (χ0n) is 16.8. The van der Waals surface area contributed by atoms with E-state index in [1.807, 2.05) is 12.1 Å². The molecule has 0 bridgehead atoms. The van der Waals surface area contributed by atoms with Gasteiger partial charge in [-0.2, -0.15) is 0 Å². The first-order chi connectivity index (χ1) is 14.2. The fourth-order valence-electron chi connectivity index (χ4n) is 3.02. The Hall–Kier alpha value is -3.00. The van der Waals surface area contributed by atoms with Crippen LogP contribution in [0.15, 0.2) is 54.0 Å². The summed E-state index contributed by atoms with van der Waals surface area (Å²) in [4.78, 5) is 17.1. The van der Waals surface area contributed by atoms with E-state index in [1.165, 1.54) is 6.08 Å². The molecule has 0 unspecified atom stereocenters. The van der Waals surface area contributed by atoms with Crippen molar-refractivity contribution in [1.29, 1.82) is 0 Å². The number of hydrogen-bond donors (Lipinski definition) is 1. The van der Waals surface area contributed by atoms with Gasteiger partial charge in [0.25, 0.3) is 5.91 Å². The van der Waals surface area contributed by atoms with Gasteiger partial charge < -0.3 is 10.1 Å². The molecule has 1 N–H and O–H groups in total. The zero-order valence-corrected chi connectivity index (χ0v) is 17.6. The number of benzene rings is 1. The Morgan fingerprint density at radius 2 is 2.03 bits per heavy atom. The molecule has 8 heteroatoms. The normalized spacial score (nSPS) is 15.1. The molecular formula is C22H23FN2O4S. The van der Waals surface area contributed by atoms with Crippen molar-refractivity contribution in [2.24, 2.45) is 0 Å². The molecule has 0 saturated heterocycles. The monoisotopic (exact) mass is 430 g/mol. The van der Waals surface area contributed by atoms with Crippen molar-refractivity contribution in [3.05, 3.63) is 71.0 Å². The smallest absolute Gasteiger partial charge is 0.257 e. The molecule has 30 heavy (non-hydrogen) atoms. The van der Waals surface area contributed by atoms with Crippen molar-refractivity contribution < 1.29 is 22.3 Å². The van der Waals surface area contributed by atoms with Crippen LogP contribution in [0, 0.1) is 5.82 Å². The van der Waals surface area contributed by atoms with Gasteiger partial charge in [-0.05, 0) is 50.0 Å². The molecule has 0 aliphatic heterocycles. The summed E-state index contributed by atoms with van der Waals surface area (Å²) in [6.45, 7) is 1.61. The molecule has 1 aliphatic carbocycles. The maximum Gasteiger partial charge on any atom is 0.257 e. The number of nitrogens with one attached hydrogen (secondary N) is 1. The number of pyridine rings is 1. The molecule has 1 aromatic heterocycles. The highest BCUT2D eigenvalue weighted by Gasteiger charge is 2.23. The highest BCUT2D eigenvalue weighted by Crippen LogP contribution is 2.32. The number of para-hydroxylation sites is 1. The Labute approximate surface area is 175 Å². The third kappa shape index (κ3) is 5.76. The molecule has 1 heterocycles. The molecule has 1 amide bonds. The number of amides is 1. The van der Waals surface area contributed by atoms with Crippen LogP contribution in [0.5, 0.6) is 11.6 Å². The quantitative estimate of drug-likeness (QED) is 0.710. The molecule has 158 valence electrons. The maximum absolute atomic E-state index is 14.8. The average Bonchev–Trinajstić information content (AvgIpc) is 3.22. The van der Waals surface area contributed by atoms with Crippen molar-refractivity contribution in [3.63, 3.8) is 0 Å². The van der Waals surface area contributed by atoms with Gasteiger partial charge in [-0.15, -0.1) is 0 Å². The lowest BCUT2D eigenvalue weighted by molar-refractivity contribution is 0.0943. The second-order valence-electron chi connectivity index (χ2n) is 7.13. The van der Waals surface area contributed by atoms with E-state index in [0.717, 1.165) is 36.1 Å². The van der Waals surface area contributed by atoms with E-state index in [9.17, 15) is 17.6 Å². The average molecular weight is 431 g/mol. The number of carbonyl (C=O) groups is 1. The molecule has 0 radical (unpaired) electrons. The number of allylic oxidation sites excluding steroid dienone is 2. The summed E-state index contributed by atoms with van der Waals surface area (Å²) in [7, 11) is -3.33. The predicted octanol–water partition coefficient (Wildman–Crippen LogP) is 4.26. The lowest BCUT2D eigenvalue weighted by Crippen LogP contribution is -2.31. The zero-order chi connectivity index (χ0) is 21.7. The predicted molar refractivity (Wildman–Crippen MR) is 113 cm³/mol. The van der Waals surface area contributed by atoms with Crippen molar-refractivity contribution >= 4 is 21.3 Å². The maximum atomic E-state index is 14.8. The lowest BCUT2D eigenvalue weighted by atomic mass is 10.1. The summed E-state index contributed by atoms with van der Waals surface area (Å²) in [5.41, 5.74) is 0.903. The van der Waals surface area contributed by atoms with Gasteiger partial charge >= 0.3 is 0 Å². The minimum atomic E-state index is -3.33. The minimum absolute atomic E-state index is 0.0119. The molecule has 3 rings (SSSR count). The molecule has 0 spiro atoms. The number of aromatic nitrogens is 1. The van der Waals surface area contributed by atoms with E-state index in [1.54, 1.807) is 31.2 Å². The van der Waals surface area contributed by atoms with Crippen LogP contribution in [0.25, 0.3) is 5.57 Å². The first-order valence-corrected chi connectivity index (χ1v) is 11.5. The largest absolute Gasteiger partial charge is 0.438 e. The highest BCUT2D eigenvalue weighted by molar-refractivity contribution is 7.93. The van der Waals surface area contributed by atoms with Crippen molar-refractivity contribution in [2.45, 2.75) is 32.2 Å². The summed E-state index contributed by atoms with van der Waals surface area (Å²) in [6.07, 6.45) is 6.84. The molecule has 0 saturated carbocycles. The van der Waals surface area contributed by atoms with Crippen LogP contribution < -0.4 is 10.1 Å². The molecule has 1 atom stereocenters. The highest BCUT2D eigenvalue weighted by atomic mass is 32.2. The van der Waals surface area contributed by atoms with E-state index in [0.29, 0.717) is 12.2 Å². The second kappa shape index (κ2) is 9.21. The number of carbonyl (C=O) groups excluding carboxylic acids is 1. The fraction of sp³-hybridized carbons (Fsp3) is 0.273. The van der Waals surface area contributed by atoms with Crippen molar-refractivity contribution in [3.8, 4) is 11.6 Å². The van der Waals surface area contributed by atoms with Crippen LogP contribution in [-0.2, 0) is 9.84 Å². The molecule has 6 nitrogen and oxygen atoms in total. The van der Waals surface area contributed by atoms with Gasteiger partial charge in [-0.1, -0.05) is 30.4 Å². The van der Waals surface area contributed by atoms with Gasteiger partial charge in [0.1, 0.15) is 22.8 Å². The lowest BCUT2D eigenvalue weighted by Gasteiger charge is -2.15. The van der Waals surface area contributed by atoms with Gasteiger partial charge in [0.05, 0.1) is 0 Å². The van der Waals surface area contributed by atoms with Gasteiger partial charge in [0, 0.05) is 17.7 Å². The Morgan fingerprint density at radius 3 is 2.67 bits per heavy atom. The number of sulfone groups is 1. The Bertz CT molecular complexity index is 1100. The first kappa shape index (κ1) is 21.7. The van der Waals surface area contributed by atoms with Gasteiger partial charge in [-0.25, -0.2) is 17.8 Å². The fourth-order valence-corrected chi connectivity index (χ4v) is 3.54. The standard InChI is InChI=1S/C22H23FN2O4S/c1-15(12-13-30(2,27)28)24-21(26)18-14-19(23)20(16-8-6-7-9-16)25-22(18)29-17-10-4-3-5-11-17/h3-5,8,10-15H,6-7,9H2,1-2H3,(H,24,26)/b13-12+/t15-/m0/s1. The van der Waals surface area contributed by atoms with Crippen LogP contribution in [-0.4, -0.2) is 31.6 Å². The number of hydrogen-bond acceptors (Lipinski definition) is 5. The number of halogens is 1. The van der Waals surface area contributed by atoms with Crippen LogP contribution in [0.3, 0.4) is 0 Å². The summed E-state index contributed by atoms with van der Waals surface area (Å²) in [5.74, 6) is -0.776. The van der Waals surface area contributed by atoms with Crippen LogP contribution in [0.2, 0.25) is 0 Å². The third-order valence-electron chi connectivity index (χ3n) is 4.46. The van der Waals surface area contributed by atoms with Crippen LogP contribution in [0.1, 0.15) is 42.2 Å². The van der Waals surface area contributed by atoms with Gasteiger partial charge in [0.15, 0.2) is 9.84 Å².